The summed E-state index contributed by atoms with van der Waals surface area (Å²) < 4.78 is 0. The van der Waals surface area contributed by atoms with E-state index in [0.717, 1.165) is 64.4 Å². The van der Waals surface area contributed by atoms with Gasteiger partial charge >= 0.3 is 0 Å². The Bertz CT molecular complexity index is 814. The number of hydrogen-bond acceptors (Lipinski definition) is 3. The van der Waals surface area contributed by atoms with Crippen LogP contribution in [0.25, 0.3) is 0 Å². The lowest BCUT2D eigenvalue weighted by molar-refractivity contribution is -0.123. The van der Waals surface area contributed by atoms with Crippen molar-refractivity contribution in [3.05, 3.63) is 71.8 Å². The fourth-order valence-corrected chi connectivity index (χ4v) is 4.41. The molecule has 0 radical (unpaired) electrons. The summed E-state index contributed by atoms with van der Waals surface area (Å²) >= 11 is 0. The summed E-state index contributed by atoms with van der Waals surface area (Å²) in [7, 11) is 0. The monoisotopic (exact) mass is 577 g/mol. The maximum absolute atomic E-state index is 11.3. The van der Waals surface area contributed by atoms with E-state index in [4.69, 9.17) is 10.7 Å². The molecule has 0 unspecified atom stereocenters. The van der Waals surface area contributed by atoms with Gasteiger partial charge in [-0.1, -0.05) is 60.7 Å². The number of unbranched alkanes of at least 4 members (excludes halogenated alkanes) is 1. The maximum Gasteiger partial charge on any atom is 0.220 e. The number of nitrogens with two attached hydrogens (primary N) is 1. The number of amides is 1. The number of halogens is 1. The van der Waals surface area contributed by atoms with Gasteiger partial charge in [-0.25, -0.2) is 0 Å². The van der Waals surface area contributed by atoms with Gasteiger partial charge in [0.2, 0.25) is 5.91 Å². The normalized spacial score (nSPS) is 15.1. The third-order valence-electron chi connectivity index (χ3n) is 6.36. The summed E-state index contributed by atoms with van der Waals surface area (Å²) in [5.74, 6) is 1.02. The number of carbonyl (C=O) groups is 1. The second kappa shape index (κ2) is 15.7. The molecule has 34 heavy (non-hydrogen) atoms. The van der Waals surface area contributed by atoms with Gasteiger partial charge in [-0.15, -0.1) is 24.0 Å². The zero-order valence-electron chi connectivity index (χ0n) is 20.3. The Morgan fingerprint density at radius 1 is 1.00 bits per heavy atom. The molecule has 186 valence electrons. The minimum atomic E-state index is -0.143. The summed E-state index contributed by atoms with van der Waals surface area (Å²) in [4.78, 5) is 18.7. The number of nitrogens with zero attached hydrogens (tertiary/aromatic N) is 2. The minimum Gasteiger partial charge on any atom is -0.369 e. The number of piperidine rings is 1. The highest BCUT2D eigenvalue weighted by Crippen LogP contribution is 2.24. The first-order valence-corrected chi connectivity index (χ1v) is 12.3. The largest absolute Gasteiger partial charge is 0.369 e. The van der Waals surface area contributed by atoms with Crippen LogP contribution in [0.2, 0.25) is 0 Å². The van der Waals surface area contributed by atoms with Crippen molar-refractivity contribution in [2.24, 2.45) is 16.6 Å². The van der Waals surface area contributed by atoms with Crippen molar-refractivity contribution in [3.8, 4) is 0 Å². The molecule has 4 N–H and O–H groups in total. The van der Waals surface area contributed by atoms with Crippen molar-refractivity contribution in [3.63, 3.8) is 0 Å². The Balaban J connectivity index is 0.00000408. The molecule has 2 aromatic carbocycles. The fraction of sp³-hybridized carbons (Fsp3) is 0.481. The number of carbonyl (C=O) groups excluding carboxylic acids is 1. The topological polar surface area (TPSA) is 82.8 Å². The molecular weight excluding hydrogens is 537 g/mol. The van der Waals surface area contributed by atoms with Crippen LogP contribution in [-0.2, 0) is 4.79 Å². The number of aliphatic imine (C=N–C) groups is 1. The summed E-state index contributed by atoms with van der Waals surface area (Å²) in [5.41, 5.74) is 7.99. The van der Waals surface area contributed by atoms with Crippen LogP contribution in [-0.4, -0.2) is 56.0 Å². The Kier molecular flexibility index (Phi) is 13.0. The second-order valence-corrected chi connectivity index (χ2v) is 8.75. The highest BCUT2D eigenvalue weighted by molar-refractivity contribution is 14.0. The van der Waals surface area contributed by atoms with Crippen molar-refractivity contribution >= 4 is 35.8 Å². The smallest absolute Gasteiger partial charge is 0.220 e. The first kappa shape index (κ1) is 28.1. The number of guanidine groups is 1. The zero-order chi connectivity index (χ0) is 23.3. The molecule has 1 fully saturated rings. The van der Waals surface area contributed by atoms with Crippen molar-refractivity contribution in [1.82, 2.24) is 15.5 Å². The van der Waals surface area contributed by atoms with Gasteiger partial charge in [0.1, 0.15) is 0 Å². The van der Waals surface area contributed by atoms with Crippen LogP contribution in [0.5, 0.6) is 0 Å². The number of likely N-dealkylation sites (tertiary alicyclic amines) is 1. The minimum absolute atomic E-state index is 0. The Morgan fingerprint density at radius 3 is 2.12 bits per heavy atom. The molecular formula is C27H40IN5O. The van der Waals surface area contributed by atoms with Crippen LogP contribution in [0.15, 0.2) is 65.7 Å². The van der Waals surface area contributed by atoms with Gasteiger partial charge in [0.15, 0.2) is 5.96 Å². The Morgan fingerprint density at radius 2 is 1.59 bits per heavy atom. The van der Waals surface area contributed by atoms with Crippen molar-refractivity contribution in [2.75, 3.05) is 39.3 Å². The third kappa shape index (κ3) is 9.25. The molecule has 1 amide bonds. The lowest BCUT2D eigenvalue weighted by Gasteiger charge is -2.30. The summed E-state index contributed by atoms with van der Waals surface area (Å²) in [6.45, 7) is 7.55. The lowest BCUT2D eigenvalue weighted by atomic mass is 9.91. The first-order valence-electron chi connectivity index (χ1n) is 12.3. The van der Waals surface area contributed by atoms with Gasteiger partial charge in [-0.3, -0.25) is 9.79 Å². The van der Waals surface area contributed by atoms with Crippen LogP contribution in [0.3, 0.4) is 0 Å². The van der Waals surface area contributed by atoms with E-state index < -0.39 is 0 Å². The molecule has 0 saturated carbocycles. The van der Waals surface area contributed by atoms with Gasteiger partial charge in [0.05, 0.1) is 6.54 Å². The van der Waals surface area contributed by atoms with E-state index in [1.54, 1.807) is 0 Å². The Hall–Kier alpha value is -2.13. The fourth-order valence-electron chi connectivity index (χ4n) is 4.41. The summed E-state index contributed by atoms with van der Waals surface area (Å²) in [6, 6.07) is 21.2. The van der Waals surface area contributed by atoms with Crippen molar-refractivity contribution in [2.45, 2.75) is 38.5 Å². The van der Waals surface area contributed by atoms with Crippen LogP contribution in [0.4, 0.5) is 0 Å². The molecule has 0 bridgehead atoms. The van der Waals surface area contributed by atoms with E-state index >= 15 is 0 Å². The third-order valence-corrected chi connectivity index (χ3v) is 6.36. The standard InChI is InChI=1S/C27H39N5O.HI/c1-2-29-27(30-17-9-10-18-32-19-15-24(16-20-32)26(28)33)31-21-25(22-11-5-3-6-12-22)23-13-7-4-8-14-23;/h3-8,11-14,24-25H,2,9-10,15-21H2,1H3,(H2,28,33)(H2,29,30,31);1H. The quantitative estimate of drug-likeness (QED) is 0.164. The van der Waals surface area contributed by atoms with Gasteiger partial charge in [-0.05, 0) is 63.4 Å². The molecule has 0 spiro atoms. The summed E-state index contributed by atoms with van der Waals surface area (Å²) in [6.07, 6.45) is 4.01. The van der Waals surface area contributed by atoms with E-state index in [1.807, 2.05) is 0 Å². The van der Waals surface area contributed by atoms with Crippen molar-refractivity contribution in [1.29, 1.82) is 0 Å². The van der Waals surface area contributed by atoms with Crippen LogP contribution in [0.1, 0.15) is 49.7 Å². The number of rotatable bonds is 11. The number of primary amides is 1. The average molecular weight is 578 g/mol. The predicted molar refractivity (Wildman–Crippen MR) is 152 cm³/mol. The summed E-state index contributed by atoms with van der Waals surface area (Å²) in [5, 5.41) is 6.88. The van der Waals surface area contributed by atoms with Crippen LogP contribution in [0, 0.1) is 5.92 Å². The molecule has 1 aliphatic rings. The molecule has 0 aliphatic carbocycles. The highest BCUT2D eigenvalue weighted by atomic mass is 127. The SMILES string of the molecule is CCNC(=NCC(c1ccccc1)c1ccccc1)NCCCCN1CCC(C(N)=O)CC1.I. The van der Waals surface area contributed by atoms with Gasteiger partial charge in [-0.2, -0.15) is 0 Å². The molecule has 3 rings (SSSR count). The molecule has 0 aromatic heterocycles. The first-order chi connectivity index (χ1) is 16.2. The predicted octanol–water partition coefficient (Wildman–Crippen LogP) is 3.97. The molecule has 1 heterocycles. The maximum atomic E-state index is 11.3. The Labute approximate surface area is 221 Å². The second-order valence-electron chi connectivity index (χ2n) is 8.75. The van der Waals surface area contributed by atoms with E-state index in [9.17, 15) is 4.79 Å². The number of benzene rings is 2. The van der Waals surface area contributed by atoms with E-state index in [0.29, 0.717) is 6.54 Å². The number of hydrogen-bond donors (Lipinski definition) is 3. The van der Waals surface area contributed by atoms with Gasteiger partial charge in [0, 0.05) is 24.9 Å². The zero-order valence-corrected chi connectivity index (χ0v) is 22.6. The molecule has 7 heteroatoms. The highest BCUT2D eigenvalue weighted by Gasteiger charge is 2.22. The van der Waals surface area contributed by atoms with E-state index in [2.05, 4.69) is 83.1 Å². The van der Waals surface area contributed by atoms with Crippen molar-refractivity contribution < 1.29 is 4.79 Å². The molecule has 1 saturated heterocycles. The molecule has 2 aromatic rings. The van der Waals surface area contributed by atoms with E-state index in [1.165, 1.54) is 11.1 Å². The van der Waals surface area contributed by atoms with Gasteiger partial charge in [0.25, 0.3) is 0 Å². The number of nitrogens with one attached hydrogen (secondary N) is 2. The van der Waals surface area contributed by atoms with Crippen LogP contribution >= 0.6 is 24.0 Å². The van der Waals surface area contributed by atoms with E-state index in [-0.39, 0.29) is 41.7 Å². The molecule has 1 aliphatic heterocycles. The van der Waals surface area contributed by atoms with Gasteiger partial charge < -0.3 is 21.3 Å². The molecule has 6 nitrogen and oxygen atoms in total. The van der Waals surface area contributed by atoms with Crippen LogP contribution < -0.4 is 16.4 Å². The average Bonchev–Trinajstić information content (AvgIpc) is 2.85. The molecule has 0 atom stereocenters. The lowest BCUT2D eigenvalue weighted by Crippen LogP contribution is -2.40.